The van der Waals surface area contributed by atoms with E-state index in [0.717, 1.165) is 32.1 Å². The number of carbonyl (C=O) groups is 2. The van der Waals surface area contributed by atoms with E-state index < -0.39 is 18.2 Å². The molecule has 1 unspecified atom stereocenters. The molecule has 2 aromatic rings. The van der Waals surface area contributed by atoms with Gasteiger partial charge in [-0.15, -0.1) is 9.78 Å². The van der Waals surface area contributed by atoms with Gasteiger partial charge in [-0.05, 0) is 67.0 Å². The fraction of sp³-hybridized carbons (Fsp3) is 0.562. The molecule has 0 bridgehead atoms. The molecule has 210 valence electrons. The van der Waals surface area contributed by atoms with Crippen LogP contribution in [0.15, 0.2) is 48.5 Å². The van der Waals surface area contributed by atoms with Gasteiger partial charge in [0.05, 0.1) is 11.1 Å². The van der Waals surface area contributed by atoms with Gasteiger partial charge in [0, 0.05) is 6.42 Å². The lowest BCUT2D eigenvalue weighted by Crippen LogP contribution is -2.24. The Morgan fingerprint density at radius 1 is 0.632 bits per heavy atom. The fourth-order valence-electron chi connectivity index (χ4n) is 4.01. The van der Waals surface area contributed by atoms with E-state index in [4.69, 9.17) is 19.6 Å². The number of hydrogen-bond acceptors (Lipinski definition) is 6. The Bertz CT molecular complexity index is 850. The minimum atomic E-state index is -1.03. The summed E-state index contributed by atoms with van der Waals surface area (Å²) in [4.78, 5) is 45.6. The number of unbranched alkanes of at least 4 members (excludes halogenated alkanes) is 6. The van der Waals surface area contributed by atoms with Gasteiger partial charge in [-0.1, -0.05) is 96.9 Å². The van der Waals surface area contributed by atoms with Crippen LogP contribution in [-0.2, 0) is 32.4 Å². The average Bonchev–Trinajstić information content (AvgIpc) is 2.95. The predicted octanol–water partition coefficient (Wildman–Crippen LogP) is 8.57. The summed E-state index contributed by atoms with van der Waals surface area (Å²) in [6.45, 7) is 8.44. The first-order valence-corrected chi connectivity index (χ1v) is 14.4. The maximum absolute atomic E-state index is 12.5. The highest BCUT2D eigenvalue weighted by atomic mass is 17.3. The monoisotopic (exact) mass is 526 g/mol. The molecule has 0 heterocycles. The normalized spacial score (nSPS) is 11.9. The number of carbonyl (C=O) groups excluding carboxylic acids is 2. The van der Waals surface area contributed by atoms with Gasteiger partial charge in [0.2, 0.25) is 6.29 Å². The molecule has 0 aromatic heterocycles. The second kappa shape index (κ2) is 18.5. The summed E-state index contributed by atoms with van der Waals surface area (Å²) >= 11 is 0. The minimum absolute atomic E-state index is 0.205. The van der Waals surface area contributed by atoms with Crippen LogP contribution < -0.4 is 0 Å². The summed E-state index contributed by atoms with van der Waals surface area (Å²) in [5.41, 5.74) is 3.15. The summed E-state index contributed by atoms with van der Waals surface area (Å²) < 4.78 is 0. The van der Waals surface area contributed by atoms with E-state index in [9.17, 15) is 9.59 Å². The molecule has 2 aromatic carbocycles. The van der Waals surface area contributed by atoms with Crippen LogP contribution in [0.25, 0.3) is 0 Å². The smallest absolute Gasteiger partial charge is 0.290 e. The van der Waals surface area contributed by atoms with E-state index in [1.54, 1.807) is 24.3 Å². The Kier molecular flexibility index (Phi) is 15.4. The largest absolute Gasteiger partial charge is 0.373 e. The molecule has 38 heavy (non-hydrogen) atoms. The van der Waals surface area contributed by atoms with Crippen molar-refractivity contribution in [3.8, 4) is 0 Å². The van der Waals surface area contributed by atoms with Crippen LogP contribution in [0, 0.1) is 5.92 Å². The summed E-state index contributed by atoms with van der Waals surface area (Å²) in [5.74, 6) is -1.04. The standard InChI is InChI=1S/C32H46O6/c1-5-8-10-12-14-26-16-20-28(21-17-26)31(33)37-35-30(24-25(4)7-3)36-38-32(34)29-22-18-27(19-23-29)15-13-11-9-6-2/h16-23,25,30H,5-15,24H2,1-4H3. The summed E-state index contributed by atoms with van der Waals surface area (Å²) in [6, 6.07) is 14.7. The number of hydrogen-bond donors (Lipinski definition) is 0. The lowest BCUT2D eigenvalue weighted by Gasteiger charge is -2.18. The number of benzene rings is 2. The third-order valence-electron chi connectivity index (χ3n) is 6.77. The van der Waals surface area contributed by atoms with Gasteiger partial charge in [0.15, 0.2) is 0 Å². The van der Waals surface area contributed by atoms with Crippen molar-refractivity contribution in [1.29, 1.82) is 0 Å². The van der Waals surface area contributed by atoms with Gasteiger partial charge >= 0.3 is 11.9 Å². The van der Waals surface area contributed by atoms with E-state index in [2.05, 4.69) is 13.8 Å². The molecule has 2 rings (SSSR count). The lowest BCUT2D eigenvalue weighted by atomic mass is 10.0. The van der Waals surface area contributed by atoms with Gasteiger partial charge in [-0.3, -0.25) is 9.78 Å². The number of aryl methyl sites for hydroxylation is 2. The van der Waals surface area contributed by atoms with Crippen LogP contribution in [0.5, 0.6) is 0 Å². The van der Waals surface area contributed by atoms with Crippen molar-refractivity contribution in [3.05, 3.63) is 70.8 Å². The van der Waals surface area contributed by atoms with Gasteiger partial charge < -0.3 is 0 Å². The SMILES string of the molecule is CCCCCCc1ccc(C(=O)OOC(CC(C)CC)OOC(=O)c2ccc(CCCCCC)cc2)cc1. The Balaban J connectivity index is 1.85. The van der Waals surface area contributed by atoms with Crippen LogP contribution in [0.4, 0.5) is 0 Å². The molecule has 6 heteroatoms. The zero-order chi connectivity index (χ0) is 27.6. The van der Waals surface area contributed by atoms with E-state index in [0.29, 0.717) is 17.5 Å². The summed E-state index contributed by atoms with van der Waals surface area (Å²) in [7, 11) is 0. The van der Waals surface area contributed by atoms with Crippen molar-refractivity contribution in [3.63, 3.8) is 0 Å². The zero-order valence-electron chi connectivity index (χ0n) is 23.7. The first-order valence-electron chi connectivity index (χ1n) is 14.4. The molecule has 0 saturated carbocycles. The third kappa shape index (κ3) is 12.2. The van der Waals surface area contributed by atoms with Crippen LogP contribution in [-0.4, -0.2) is 18.2 Å². The first kappa shape index (κ1) is 31.5. The molecule has 0 aliphatic carbocycles. The van der Waals surface area contributed by atoms with Crippen molar-refractivity contribution in [2.24, 2.45) is 5.92 Å². The van der Waals surface area contributed by atoms with E-state index >= 15 is 0 Å². The molecule has 0 amide bonds. The second-order valence-corrected chi connectivity index (χ2v) is 10.1. The summed E-state index contributed by atoms with van der Waals surface area (Å²) in [5, 5.41) is 0. The van der Waals surface area contributed by atoms with E-state index in [1.165, 1.54) is 49.7 Å². The Morgan fingerprint density at radius 2 is 1.05 bits per heavy atom. The molecule has 1 atom stereocenters. The first-order chi connectivity index (χ1) is 18.5. The molecule has 0 saturated heterocycles. The fourth-order valence-corrected chi connectivity index (χ4v) is 4.01. The highest BCUT2D eigenvalue weighted by molar-refractivity contribution is 5.89. The topological polar surface area (TPSA) is 71.1 Å². The van der Waals surface area contributed by atoms with Crippen LogP contribution in [0.2, 0.25) is 0 Å². The molecule has 6 nitrogen and oxygen atoms in total. The van der Waals surface area contributed by atoms with Crippen LogP contribution >= 0.6 is 0 Å². The van der Waals surface area contributed by atoms with Gasteiger partial charge in [0.25, 0.3) is 0 Å². The average molecular weight is 527 g/mol. The quantitative estimate of drug-likeness (QED) is 0.0790. The molecule has 0 spiro atoms. The van der Waals surface area contributed by atoms with Crippen molar-refractivity contribution < 1.29 is 29.1 Å². The highest BCUT2D eigenvalue weighted by Crippen LogP contribution is 2.17. The molecule has 0 aliphatic rings. The minimum Gasteiger partial charge on any atom is -0.290 e. The van der Waals surface area contributed by atoms with E-state index in [1.807, 2.05) is 38.1 Å². The van der Waals surface area contributed by atoms with E-state index in [-0.39, 0.29) is 5.92 Å². The van der Waals surface area contributed by atoms with Crippen molar-refractivity contribution in [2.45, 2.75) is 111 Å². The molecule has 0 radical (unpaired) electrons. The Morgan fingerprint density at radius 3 is 1.42 bits per heavy atom. The highest BCUT2D eigenvalue weighted by Gasteiger charge is 2.22. The van der Waals surface area contributed by atoms with Crippen molar-refractivity contribution in [2.75, 3.05) is 0 Å². The van der Waals surface area contributed by atoms with Crippen molar-refractivity contribution >= 4 is 11.9 Å². The zero-order valence-corrected chi connectivity index (χ0v) is 23.7. The van der Waals surface area contributed by atoms with Gasteiger partial charge in [0.1, 0.15) is 0 Å². The molecule has 0 aliphatic heterocycles. The summed E-state index contributed by atoms with van der Waals surface area (Å²) in [6.07, 6.45) is 11.8. The molecule has 0 N–H and O–H groups in total. The Labute approximate surface area is 228 Å². The molecular weight excluding hydrogens is 480 g/mol. The second-order valence-electron chi connectivity index (χ2n) is 10.1. The predicted molar refractivity (Wildman–Crippen MR) is 149 cm³/mol. The molecular formula is C32H46O6. The Hall–Kier alpha value is -2.70. The maximum atomic E-state index is 12.5. The van der Waals surface area contributed by atoms with Crippen molar-refractivity contribution in [1.82, 2.24) is 0 Å². The maximum Gasteiger partial charge on any atom is 0.373 e. The lowest BCUT2D eigenvalue weighted by molar-refractivity contribution is -0.423. The van der Waals surface area contributed by atoms with Gasteiger partial charge in [-0.2, -0.15) is 0 Å². The molecule has 0 fully saturated rings. The van der Waals surface area contributed by atoms with Crippen LogP contribution in [0.3, 0.4) is 0 Å². The van der Waals surface area contributed by atoms with Gasteiger partial charge in [-0.25, -0.2) is 9.59 Å². The van der Waals surface area contributed by atoms with Crippen LogP contribution in [0.1, 0.15) is 124 Å². The third-order valence-corrected chi connectivity index (χ3v) is 6.77. The number of rotatable bonds is 19.